The molecule has 0 unspecified atom stereocenters. The Morgan fingerprint density at radius 3 is 2.83 bits per heavy atom. The molecule has 1 aromatic rings. The highest BCUT2D eigenvalue weighted by Crippen LogP contribution is 2.19. The summed E-state index contributed by atoms with van der Waals surface area (Å²) in [6, 6.07) is 4.32. The van der Waals surface area contributed by atoms with Crippen molar-refractivity contribution in [3.63, 3.8) is 0 Å². The van der Waals surface area contributed by atoms with Gasteiger partial charge >= 0.3 is 5.97 Å². The molecule has 94 valence electrons. The van der Waals surface area contributed by atoms with Crippen LogP contribution in [0, 0.1) is 12.3 Å². The van der Waals surface area contributed by atoms with Crippen LogP contribution in [0.2, 0.25) is 5.02 Å². The Hall–Kier alpha value is -2.19. The van der Waals surface area contributed by atoms with E-state index in [1.165, 1.54) is 18.2 Å². The fraction of sp³-hybridized carbons (Fsp3) is 0.167. The maximum atomic E-state index is 11.5. The maximum absolute atomic E-state index is 11.5. The van der Waals surface area contributed by atoms with Crippen LogP contribution in [-0.2, 0) is 9.53 Å². The zero-order chi connectivity index (χ0) is 13.5. The van der Waals surface area contributed by atoms with Crippen LogP contribution in [0.5, 0.6) is 0 Å². The fourth-order valence-corrected chi connectivity index (χ4v) is 1.20. The largest absolute Gasteiger partial charge is 0.452 e. The monoisotopic (exact) mass is 266 g/mol. The molecular weight excluding hydrogens is 256 g/mol. The Morgan fingerprint density at radius 1 is 1.50 bits per heavy atom. The summed E-state index contributed by atoms with van der Waals surface area (Å²) < 4.78 is 4.76. The van der Waals surface area contributed by atoms with Crippen molar-refractivity contribution in [2.75, 3.05) is 18.9 Å². The third kappa shape index (κ3) is 4.00. The first-order valence-corrected chi connectivity index (χ1v) is 5.34. The third-order valence-electron chi connectivity index (χ3n) is 1.95. The van der Waals surface area contributed by atoms with Crippen LogP contribution in [0.25, 0.3) is 0 Å². The molecule has 0 spiro atoms. The van der Waals surface area contributed by atoms with Gasteiger partial charge in [-0.2, -0.15) is 0 Å². The Morgan fingerprint density at radius 2 is 2.22 bits per heavy atom. The van der Waals surface area contributed by atoms with E-state index in [0.717, 1.165) is 0 Å². The van der Waals surface area contributed by atoms with E-state index in [-0.39, 0.29) is 17.8 Å². The second-order valence-electron chi connectivity index (χ2n) is 3.29. The Kier molecular flexibility index (Phi) is 5.03. The third-order valence-corrected chi connectivity index (χ3v) is 2.30. The van der Waals surface area contributed by atoms with Crippen molar-refractivity contribution in [2.24, 2.45) is 0 Å². The van der Waals surface area contributed by atoms with E-state index in [0.29, 0.717) is 5.02 Å². The van der Waals surface area contributed by atoms with Gasteiger partial charge in [0.05, 0.1) is 22.8 Å². The number of nitrogens with two attached hydrogens (primary N) is 1. The molecule has 1 amide bonds. The number of hydrogen-bond donors (Lipinski definition) is 2. The lowest BCUT2D eigenvalue weighted by atomic mass is 10.2. The summed E-state index contributed by atoms with van der Waals surface area (Å²) in [6.45, 7) is -0.312. The van der Waals surface area contributed by atoms with Crippen molar-refractivity contribution in [3.05, 3.63) is 28.8 Å². The summed E-state index contributed by atoms with van der Waals surface area (Å²) >= 11 is 5.71. The number of rotatable bonds is 4. The molecule has 0 fully saturated rings. The topological polar surface area (TPSA) is 81.4 Å². The molecule has 0 aromatic heterocycles. The summed E-state index contributed by atoms with van der Waals surface area (Å²) in [5.41, 5.74) is 6.03. The summed E-state index contributed by atoms with van der Waals surface area (Å²) in [7, 11) is 0. The van der Waals surface area contributed by atoms with Crippen LogP contribution < -0.4 is 11.1 Å². The first-order valence-electron chi connectivity index (χ1n) is 4.97. The standard InChI is InChI=1S/C12H11ClN2O3/c1-2-5-15-11(16)7-18-12(17)8-3-4-9(13)10(14)6-8/h1,3-4,6H,5,7,14H2,(H,15,16). The van der Waals surface area contributed by atoms with Crippen LogP contribution in [-0.4, -0.2) is 25.0 Å². The van der Waals surface area contributed by atoms with E-state index in [1.807, 2.05) is 0 Å². The molecule has 1 rings (SSSR count). The van der Waals surface area contributed by atoms with Gasteiger partial charge in [-0.3, -0.25) is 4.79 Å². The normalized spacial score (nSPS) is 9.33. The van der Waals surface area contributed by atoms with E-state index in [1.54, 1.807) is 0 Å². The highest BCUT2D eigenvalue weighted by Gasteiger charge is 2.11. The number of carbonyl (C=O) groups is 2. The molecule has 0 bridgehead atoms. The average molecular weight is 267 g/mol. The molecule has 0 aliphatic carbocycles. The van der Waals surface area contributed by atoms with E-state index in [4.69, 9.17) is 28.5 Å². The molecule has 1 aromatic carbocycles. The molecule has 0 saturated heterocycles. The molecule has 3 N–H and O–H groups in total. The molecule has 6 heteroatoms. The smallest absolute Gasteiger partial charge is 0.338 e. The summed E-state index contributed by atoms with van der Waals surface area (Å²) in [6.07, 6.45) is 4.96. The van der Waals surface area contributed by atoms with Crippen LogP contribution in [0.3, 0.4) is 0 Å². The van der Waals surface area contributed by atoms with Crippen molar-refractivity contribution in [2.45, 2.75) is 0 Å². The van der Waals surface area contributed by atoms with Crippen molar-refractivity contribution >= 4 is 29.2 Å². The number of amides is 1. The molecule has 5 nitrogen and oxygen atoms in total. The van der Waals surface area contributed by atoms with Gasteiger partial charge in [-0.1, -0.05) is 17.5 Å². The lowest BCUT2D eigenvalue weighted by molar-refractivity contribution is -0.123. The van der Waals surface area contributed by atoms with Crippen LogP contribution >= 0.6 is 11.6 Å². The first kappa shape index (κ1) is 13.9. The number of benzene rings is 1. The average Bonchev–Trinajstić information content (AvgIpc) is 2.36. The number of esters is 1. The minimum atomic E-state index is -0.658. The minimum absolute atomic E-state index is 0.0876. The van der Waals surface area contributed by atoms with Gasteiger partial charge in [0.15, 0.2) is 6.61 Å². The van der Waals surface area contributed by atoms with Crippen molar-refractivity contribution in [1.29, 1.82) is 0 Å². The minimum Gasteiger partial charge on any atom is -0.452 e. The van der Waals surface area contributed by atoms with Gasteiger partial charge < -0.3 is 15.8 Å². The van der Waals surface area contributed by atoms with Gasteiger partial charge in [-0.25, -0.2) is 4.79 Å². The predicted octanol–water partition coefficient (Wildman–Crippen LogP) is 0.828. The van der Waals surface area contributed by atoms with Crippen molar-refractivity contribution in [3.8, 4) is 12.3 Å². The van der Waals surface area contributed by atoms with E-state index >= 15 is 0 Å². The molecule has 0 heterocycles. The number of halogens is 1. The Labute approximate surface area is 109 Å². The van der Waals surface area contributed by atoms with Crippen molar-refractivity contribution < 1.29 is 14.3 Å². The van der Waals surface area contributed by atoms with Gasteiger partial charge in [-0.05, 0) is 18.2 Å². The first-order chi connectivity index (χ1) is 8.54. The predicted molar refractivity (Wildman–Crippen MR) is 68.0 cm³/mol. The summed E-state index contributed by atoms with van der Waals surface area (Å²) in [5, 5.41) is 2.71. The van der Waals surface area contributed by atoms with Crippen molar-refractivity contribution in [1.82, 2.24) is 5.32 Å². The molecule has 18 heavy (non-hydrogen) atoms. The molecule has 0 atom stereocenters. The maximum Gasteiger partial charge on any atom is 0.338 e. The van der Waals surface area contributed by atoms with Gasteiger partial charge in [0, 0.05) is 0 Å². The molecular formula is C12H11ClN2O3. The molecule has 0 aliphatic heterocycles. The number of ether oxygens (including phenoxy) is 1. The van der Waals surface area contributed by atoms with Crippen LogP contribution in [0.15, 0.2) is 18.2 Å². The molecule has 0 saturated carbocycles. The zero-order valence-corrected chi connectivity index (χ0v) is 10.2. The van der Waals surface area contributed by atoms with E-state index in [9.17, 15) is 9.59 Å². The Bertz CT molecular complexity index is 509. The quantitative estimate of drug-likeness (QED) is 0.480. The summed E-state index contributed by atoms with van der Waals surface area (Å²) in [5.74, 6) is 1.10. The van der Waals surface area contributed by atoms with Gasteiger partial charge in [0.2, 0.25) is 0 Å². The summed E-state index contributed by atoms with van der Waals surface area (Å²) in [4.78, 5) is 22.7. The molecule has 0 aliphatic rings. The highest BCUT2D eigenvalue weighted by molar-refractivity contribution is 6.33. The number of hydrogen-bond acceptors (Lipinski definition) is 4. The number of nitrogens with one attached hydrogen (secondary N) is 1. The number of terminal acetylenes is 1. The Balaban J connectivity index is 2.53. The van der Waals surface area contributed by atoms with E-state index < -0.39 is 18.5 Å². The second kappa shape index (κ2) is 6.52. The number of anilines is 1. The zero-order valence-electron chi connectivity index (χ0n) is 9.40. The lowest BCUT2D eigenvalue weighted by Crippen LogP contribution is -2.29. The van der Waals surface area contributed by atoms with Gasteiger partial charge in [0.1, 0.15) is 0 Å². The fourth-order valence-electron chi connectivity index (χ4n) is 1.09. The second-order valence-corrected chi connectivity index (χ2v) is 3.70. The SMILES string of the molecule is C#CCNC(=O)COC(=O)c1ccc(Cl)c(N)c1. The lowest BCUT2D eigenvalue weighted by Gasteiger charge is -2.05. The van der Waals surface area contributed by atoms with Crippen LogP contribution in [0.1, 0.15) is 10.4 Å². The number of nitrogen functional groups attached to an aromatic ring is 1. The number of carbonyl (C=O) groups excluding carboxylic acids is 2. The van der Waals surface area contributed by atoms with Crippen LogP contribution in [0.4, 0.5) is 5.69 Å². The van der Waals surface area contributed by atoms with Gasteiger partial charge in [0.25, 0.3) is 5.91 Å². The molecule has 0 radical (unpaired) electrons. The highest BCUT2D eigenvalue weighted by atomic mass is 35.5. The van der Waals surface area contributed by atoms with E-state index in [2.05, 4.69) is 11.2 Å². The van der Waals surface area contributed by atoms with Gasteiger partial charge in [-0.15, -0.1) is 6.42 Å².